The molecule has 0 aliphatic carbocycles. The predicted molar refractivity (Wildman–Crippen MR) is 79.6 cm³/mol. The van der Waals surface area contributed by atoms with Crippen LogP contribution in [0.25, 0.3) is 0 Å². The third-order valence-corrected chi connectivity index (χ3v) is 2.69. The lowest BCUT2D eigenvalue weighted by Crippen LogP contribution is -2.18. The number of benzene rings is 1. The van der Waals surface area contributed by atoms with Gasteiger partial charge in [0.05, 0.1) is 6.61 Å². The van der Waals surface area contributed by atoms with Gasteiger partial charge in [-0.3, -0.25) is 0 Å². The van der Waals surface area contributed by atoms with Crippen molar-refractivity contribution >= 4 is 0 Å². The van der Waals surface area contributed by atoms with Gasteiger partial charge in [-0.2, -0.15) is 0 Å². The summed E-state index contributed by atoms with van der Waals surface area (Å²) >= 11 is 0. The van der Waals surface area contributed by atoms with E-state index < -0.39 is 0 Å². The van der Waals surface area contributed by atoms with Gasteiger partial charge in [-0.15, -0.1) is 0 Å². The highest BCUT2D eigenvalue weighted by atomic mass is 16.5. The first kappa shape index (κ1) is 16.0. The molecule has 0 radical (unpaired) electrons. The van der Waals surface area contributed by atoms with Gasteiger partial charge < -0.3 is 14.8 Å². The molecule has 0 unspecified atom stereocenters. The van der Waals surface area contributed by atoms with Crippen molar-refractivity contribution in [2.45, 2.75) is 33.7 Å². The van der Waals surface area contributed by atoms with Crippen LogP contribution in [-0.4, -0.2) is 26.4 Å². The van der Waals surface area contributed by atoms with Crippen LogP contribution in [0.1, 0.15) is 32.8 Å². The van der Waals surface area contributed by atoms with Crippen molar-refractivity contribution in [3.05, 3.63) is 29.8 Å². The van der Waals surface area contributed by atoms with Crippen molar-refractivity contribution < 1.29 is 9.47 Å². The molecule has 0 heterocycles. The third-order valence-electron chi connectivity index (χ3n) is 2.69. The molecule has 0 amide bonds. The van der Waals surface area contributed by atoms with Gasteiger partial charge in [-0.1, -0.05) is 26.0 Å². The molecule has 0 aliphatic heterocycles. The van der Waals surface area contributed by atoms with E-state index in [1.807, 2.05) is 19.1 Å². The quantitative estimate of drug-likeness (QED) is 0.659. The highest BCUT2D eigenvalue weighted by Gasteiger charge is 1.98. The predicted octanol–water partition coefficient (Wildman–Crippen LogP) is 3.24. The Labute approximate surface area is 117 Å². The minimum atomic E-state index is 0.679. The average molecular weight is 265 g/mol. The second kappa shape index (κ2) is 9.82. The molecule has 19 heavy (non-hydrogen) atoms. The first-order valence-electron chi connectivity index (χ1n) is 7.22. The maximum Gasteiger partial charge on any atom is 0.119 e. The standard InChI is InChI=1S/C16H27NO2/c1-4-18-9-6-10-19-16-8-5-7-15(11-16)13-17-12-14(2)3/h5,7-8,11,14,17H,4,6,9-10,12-13H2,1-3H3. The molecule has 0 spiro atoms. The summed E-state index contributed by atoms with van der Waals surface area (Å²) in [5.74, 6) is 1.62. The van der Waals surface area contributed by atoms with E-state index in [1.54, 1.807) is 0 Å². The number of ether oxygens (including phenoxy) is 2. The SMILES string of the molecule is CCOCCCOc1cccc(CNCC(C)C)c1. The summed E-state index contributed by atoms with van der Waals surface area (Å²) in [6.45, 7) is 10.6. The van der Waals surface area contributed by atoms with Crippen LogP contribution in [0, 0.1) is 5.92 Å². The summed E-state index contributed by atoms with van der Waals surface area (Å²) in [4.78, 5) is 0. The molecule has 0 saturated heterocycles. The Morgan fingerprint density at radius 3 is 2.79 bits per heavy atom. The van der Waals surface area contributed by atoms with Gasteiger partial charge in [-0.25, -0.2) is 0 Å². The first-order chi connectivity index (χ1) is 9.22. The zero-order chi connectivity index (χ0) is 13.9. The summed E-state index contributed by atoms with van der Waals surface area (Å²) < 4.78 is 11.0. The van der Waals surface area contributed by atoms with Crippen LogP contribution in [0.5, 0.6) is 5.75 Å². The summed E-state index contributed by atoms with van der Waals surface area (Å²) in [6.07, 6.45) is 0.934. The molecule has 3 nitrogen and oxygen atoms in total. The molecule has 0 atom stereocenters. The molecule has 0 fully saturated rings. The van der Waals surface area contributed by atoms with Crippen molar-refractivity contribution in [2.24, 2.45) is 5.92 Å². The minimum Gasteiger partial charge on any atom is -0.493 e. The molecule has 1 aromatic rings. The lowest BCUT2D eigenvalue weighted by molar-refractivity contribution is 0.131. The molecule has 1 aromatic carbocycles. The van der Waals surface area contributed by atoms with Gasteiger partial charge in [0.1, 0.15) is 5.75 Å². The Bertz CT molecular complexity index is 339. The normalized spacial score (nSPS) is 10.9. The van der Waals surface area contributed by atoms with E-state index in [0.717, 1.165) is 38.5 Å². The maximum absolute atomic E-state index is 5.71. The van der Waals surface area contributed by atoms with E-state index in [4.69, 9.17) is 9.47 Å². The largest absolute Gasteiger partial charge is 0.493 e. The van der Waals surface area contributed by atoms with Crippen molar-refractivity contribution in [1.29, 1.82) is 0 Å². The van der Waals surface area contributed by atoms with E-state index in [1.165, 1.54) is 5.56 Å². The lowest BCUT2D eigenvalue weighted by Gasteiger charge is -2.10. The Morgan fingerprint density at radius 1 is 1.21 bits per heavy atom. The Hall–Kier alpha value is -1.06. The van der Waals surface area contributed by atoms with Crippen LogP contribution in [0.4, 0.5) is 0 Å². The van der Waals surface area contributed by atoms with Crippen LogP contribution in [0.2, 0.25) is 0 Å². The van der Waals surface area contributed by atoms with E-state index >= 15 is 0 Å². The lowest BCUT2D eigenvalue weighted by atomic mass is 10.2. The molecule has 0 saturated carbocycles. The molecule has 108 valence electrons. The van der Waals surface area contributed by atoms with Crippen LogP contribution in [-0.2, 0) is 11.3 Å². The number of hydrogen-bond donors (Lipinski definition) is 1. The topological polar surface area (TPSA) is 30.5 Å². The molecular weight excluding hydrogens is 238 g/mol. The second-order valence-corrected chi connectivity index (χ2v) is 5.07. The van der Waals surface area contributed by atoms with Gasteiger partial charge in [0.15, 0.2) is 0 Å². The van der Waals surface area contributed by atoms with E-state index in [9.17, 15) is 0 Å². The average Bonchev–Trinajstić information content (AvgIpc) is 2.39. The zero-order valence-corrected chi connectivity index (χ0v) is 12.4. The Kier molecular flexibility index (Phi) is 8.26. The Morgan fingerprint density at radius 2 is 2.05 bits per heavy atom. The summed E-state index contributed by atoms with van der Waals surface area (Å²) in [5, 5.41) is 3.44. The smallest absolute Gasteiger partial charge is 0.119 e. The third kappa shape index (κ3) is 7.85. The van der Waals surface area contributed by atoms with Crippen LogP contribution < -0.4 is 10.1 Å². The molecule has 0 bridgehead atoms. The fraction of sp³-hybridized carbons (Fsp3) is 0.625. The first-order valence-corrected chi connectivity index (χ1v) is 7.22. The minimum absolute atomic E-state index is 0.679. The molecule has 0 aliphatic rings. The van der Waals surface area contributed by atoms with Crippen molar-refractivity contribution in [1.82, 2.24) is 5.32 Å². The van der Waals surface area contributed by atoms with Crippen LogP contribution >= 0.6 is 0 Å². The van der Waals surface area contributed by atoms with Crippen LogP contribution in [0.15, 0.2) is 24.3 Å². The second-order valence-electron chi connectivity index (χ2n) is 5.07. The summed E-state index contributed by atoms with van der Waals surface area (Å²) in [5.41, 5.74) is 1.27. The maximum atomic E-state index is 5.71. The van der Waals surface area contributed by atoms with Gasteiger partial charge in [-0.05, 0) is 37.1 Å². The van der Waals surface area contributed by atoms with Crippen molar-refractivity contribution in [2.75, 3.05) is 26.4 Å². The zero-order valence-electron chi connectivity index (χ0n) is 12.4. The van der Waals surface area contributed by atoms with Crippen LogP contribution in [0.3, 0.4) is 0 Å². The van der Waals surface area contributed by atoms with E-state index in [2.05, 4.69) is 31.3 Å². The monoisotopic (exact) mass is 265 g/mol. The van der Waals surface area contributed by atoms with E-state index in [0.29, 0.717) is 12.5 Å². The molecule has 3 heteroatoms. The fourth-order valence-electron chi connectivity index (χ4n) is 1.75. The molecule has 1 N–H and O–H groups in total. The van der Waals surface area contributed by atoms with Gasteiger partial charge in [0.25, 0.3) is 0 Å². The van der Waals surface area contributed by atoms with E-state index in [-0.39, 0.29) is 0 Å². The number of rotatable bonds is 10. The number of hydrogen-bond acceptors (Lipinski definition) is 3. The highest BCUT2D eigenvalue weighted by molar-refractivity contribution is 5.28. The molecule has 0 aromatic heterocycles. The summed E-state index contributed by atoms with van der Waals surface area (Å²) in [7, 11) is 0. The van der Waals surface area contributed by atoms with Gasteiger partial charge in [0, 0.05) is 26.2 Å². The summed E-state index contributed by atoms with van der Waals surface area (Å²) in [6, 6.07) is 8.28. The molecular formula is C16H27NO2. The highest BCUT2D eigenvalue weighted by Crippen LogP contribution is 2.13. The van der Waals surface area contributed by atoms with Gasteiger partial charge in [0.2, 0.25) is 0 Å². The van der Waals surface area contributed by atoms with Crippen molar-refractivity contribution in [3.8, 4) is 5.75 Å². The Balaban J connectivity index is 2.27. The fourth-order valence-corrected chi connectivity index (χ4v) is 1.75. The number of nitrogens with one attached hydrogen (secondary N) is 1. The molecule has 1 rings (SSSR count). The van der Waals surface area contributed by atoms with Gasteiger partial charge >= 0.3 is 0 Å². The van der Waals surface area contributed by atoms with Crippen molar-refractivity contribution in [3.63, 3.8) is 0 Å².